The first-order chi connectivity index (χ1) is 20.0. The van der Waals surface area contributed by atoms with Crippen molar-refractivity contribution in [2.24, 2.45) is 0 Å². The molecule has 216 valence electrons. The van der Waals surface area contributed by atoms with Crippen molar-refractivity contribution in [3.8, 4) is 0 Å². The van der Waals surface area contributed by atoms with Gasteiger partial charge in [-0.3, -0.25) is 9.97 Å². The van der Waals surface area contributed by atoms with E-state index in [0.29, 0.717) is 31.4 Å². The number of rotatable bonds is 6. The van der Waals surface area contributed by atoms with Crippen LogP contribution < -0.4 is 9.44 Å². The summed E-state index contributed by atoms with van der Waals surface area (Å²) in [7, 11) is -7.65. The summed E-state index contributed by atoms with van der Waals surface area (Å²) in [5, 5.41) is 8.87. The van der Waals surface area contributed by atoms with Crippen LogP contribution in [0.4, 0.5) is 11.8 Å². The number of pyridine rings is 2. The number of para-hydroxylation sites is 2. The first-order valence-corrected chi connectivity index (χ1v) is 16.5. The maximum atomic E-state index is 12.5. The summed E-state index contributed by atoms with van der Waals surface area (Å²) in [6.45, 7) is 3.40. The quantitative estimate of drug-likeness (QED) is 0.201. The van der Waals surface area contributed by atoms with Crippen LogP contribution in [0.2, 0.25) is 0 Å². The molecule has 42 heavy (non-hydrogen) atoms. The van der Waals surface area contributed by atoms with Crippen molar-refractivity contribution in [1.29, 1.82) is 0 Å². The van der Waals surface area contributed by atoms with E-state index in [0.717, 1.165) is 10.8 Å². The van der Waals surface area contributed by atoms with Gasteiger partial charge in [0.25, 0.3) is 31.8 Å². The van der Waals surface area contributed by atoms with Crippen molar-refractivity contribution in [1.82, 2.24) is 20.3 Å². The summed E-state index contributed by atoms with van der Waals surface area (Å²) < 4.78 is 65.7. The molecule has 0 fully saturated rings. The third-order valence-electron chi connectivity index (χ3n) is 5.81. The Bertz CT molecular complexity index is 1990. The average Bonchev–Trinajstić information content (AvgIpc) is 3.46. The predicted octanol–water partition coefficient (Wildman–Crippen LogP) is 6.19. The summed E-state index contributed by atoms with van der Waals surface area (Å²) in [5.41, 5.74) is 1.92. The fourth-order valence-corrected chi connectivity index (χ4v) is 6.89. The SMILES string of the molecule is Cc1noc(NS(=O)(=O)c2cccc3cccnc23)c1Br.Cc1noc(NS(=O)(=O)c2cccc3cccnc23)c1Br. The first kappa shape index (κ1) is 29.6. The lowest BCUT2D eigenvalue weighted by molar-refractivity contribution is 0.430. The molecule has 0 radical (unpaired) electrons. The highest BCUT2D eigenvalue weighted by atomic mass is 79.9. The average molecular weight is 736 g/mol. The van der Waals surface area contributed by atoms with Crippen LogP contribution in [-0.4, -0.2) is 37.1 Å². The van der Waals surface area contributed by atoms with E-state index in [1.54, 1.807) is 74.8 Å². The Balaban J connectivity index is 0.000000168. The highest BCUT2D eigenvalue weighted by molar-refractivity contribution is 9.11. The molecule has 0 bridgehead atoms. The number of hydrogen-bond donors (Lipinski definition) is 2. The first-order valence-electron chi connectivity index (χ1n) is 11.9. The Hall–Kier alpha value is -3.86. The second kappa shape index (κ2) is 11.8. The molecule has 0 saturated heterocycles. The smallest absolute Gasteiger partial charge is 0.266 e. The van der Waals surface area contributed by atoms with Crippen molar-refractivity contribution in [2.45, 2.75) is 23.6 Å². The van der Waals surface area contributed by atoms with Crippen molar-refractivity contribution in [3.63, 3.8) is 0 Å². The van der Waals surface area contributed by atoms with Gasteiger partial charge in [-0.05, 0) is 70.0 Å². The molecular weight excluding hydrogens is 716 g/mol. The van der Waals surface area contributed by atoms with E-state index in [4.69, 9.17) is 9.05 Å². The highest BCUT2D eigenvalue weighted by Crippen LogP contribution is 2.30. The Morgan fingerprint density at radius 2 is 1.00 bits per heavy atom. The molecule has 0 spiro atoms. The van der Waals surface area contributed by atoms with Crippen LogP contribution in [0.1, 0.15) is 11.4 Å². The maximum Gasteiger partial charge on any atom is 0.266 e. The van der Waals surface area contributed by atoms with E-state index in [1.807, 2.05) is 0 Å². The van der Waals surface area contributed by atoms with Gasteiger partial charge in [0.05, 0.1) is 22.4 Å². The summed E-state index contributed by atoms with van der Waals surface area (Å²) in [6.07, 6.45) is 3.10. The van der Waals surface area contributed by atoms with E-state index < -0.39 is 20.0 Å². The molecule has 12 nitrogen and oxygen atoms in total. The minimum atomic E-state index is -3.83. The largest absolute Gasteiger partial charge is 0.336 e. The van der Waals surface area contributed by atoms with Gasteiger partial charge in [0.15, 0.2) is 0 Å². The standard InChI is InChI=1S/2C13H10BrN3O3S/c2*1-8-11(14)13(20-16-8)17-21(18,19)10-6-2-4-9-5-3-7-15-12(9)10/h2*2-7,17H,1H3. The highest BCUT2D eigenvalue weighted by Gasteiger charge is 2.23. The van der Waals surface area contributed by atoms with E-state index in [1.165, 1.54) is 12.1 Å². The number of hydrogen-bond acceptors (Lipinski definition) is 10. The number of nitrogens with zero attached hydrogens (tertiary/aromatic N) is 4. The Morgan fingerprint density at radius 3 is 1.36 bits per heavy atom. The molecule has 16 heteroatoms. The summed E-state index contributed by atoms with van der Waals surface area (Å²) in [5.74, 6) is 0.0841. The summed E-state index contributed by atoms with van der Waals surface area (Å²) >= 11 is 6.45. The minimum absolute atomic E-state index is 0.0421. The third kappa shape index (κ3) is 6.01. The number of halogens is 2. The van der Waals surface area contributed by atoms with E-state index in [2.05, 4.69) is 61.6 Å². The van der Waals surface area contributed by atoms with Gasteiger partial charge in [0.2, 0.25) is 0 Å². The minimum Gasteiger partial charge on any atom is -0.336 e. The van der Waals surface area contributed by atoms with Crippen molar-refractivity contribution in [3.05, 3.63) is 93.4 Å². The van der Waals surface area contributed by atoms with Crippen LogP contribution >= 0.6 is 31.9 Å². The molecular formula is C26H20Br2N6O6S2. The van der Waals surface area contributed by atoms with E-state index in [9.17, 15) is 16.8 Å². The molecule has 2 N–H and O–H groups in total. The van der Waals surface area contributed by atoms with Gasteiger partial charge < -0.3 is 9.05 Å². The Morgan fingerprint density at radius 1 is 0.619 bits per heavy atom. The monoisotopic (exact) mass is 734 g/mol. The molecule has 4 aromatic heterocycles. The van der Waals surface area contributed by atoms with Crippen LogP contribution in [0.15, 0.2) is 101 Å². The van der Waals surface area contributed by atoms with Crippen LogP contribution in [0, 0.1) is 13.8 Å². The topological polar surface area (TPSA) is 170 Å². The number of fused-ring (bicyclic) bond motifs is 2. The maximum absolute atomic E-state index is 12.5. The van der Waals surface area contributed by atoms with E-state index in [-0.39, 0.29) is 21.6 Å². The fourth-order valence-electron chi connectivity index (χ4n) is 3.78. The second-order valence-corrected chi connectivity index (χ2v) is 13.6. The number of benzene rings is 2. The van der Waals surface area contributed by atoms with Gasteiger partial charge in [-0.1, -0.05) is 46.7 Å². The zero-order valence-corrected chi connectivity index (χ0v) is 26.5. The van der Waals surface area contributed by atoms with Gasteiger partial charge in [-0.25, -0.2) is 26.3 Å². The van der Waals surface area contributed by atoms with Crippen LogP contribution in [0.25, 0.3) is 21.8 Å². The van der Waals surface area contributed by atoms with Gasteiger partial charge in [-0.2, -0.15) is 0 Å². The molecule has 6 rings (SSSR count). The molecule has 0 unspecified atom stereocenters. The molecule has 0 saturated carbocycles. The number of sulfonamides is 2. The Kier molecular flexibility index (Phi) is 8.32. The lowest BCUT2D eigenvalue weighted by atomic mass is 10.2. The molecule has 0 aliphatic heterocycles. The van der Waals surface area contributed by atoms with Crippen LogP contribution in [0.3, 0.4) is 0 Å². The molecule has 0 aliphatic rings. The second-order valence-electron chi connectivity index (χ2n) is 8.70. The van der Waals surface area contributed by atoms with Crippen LogP contribution in [-0.2, 0) is 20.0 Å². The van der Waals surface area contributed by atoms with Gasteiger partial charge in [0, 0.05) is 23.2 Å². The molecule has 0 amide bonds. The number of aryl methyl sites for hydroxylation is 2. The number of anilines is 2. The van der Waals surface area contributed by atoms with E-state index >= 15 is 0 Å². The van der Waals surface area contributed by atoms with Crippen LogP contribution in [0.5, 0.6) is 0 Å². The van der Waals surface area contributed by atoms with Crippen molar-refractivity contribution in [2.75, 3.05) is 9.44 Å². The molecule has 6 aromatic rings. The predicted molar refractivity (Wildman–Crippen MR) is 163 cm³/mol. The third-order valence-corrected chi connectivity index (χ3v) is 10.4. The lowest BCUT2D eigenvalue weighted by Crippen LogP contribution is -2.13. The molecule has 4 heterocycles. The fraction of sp³-hybridized carbons (Fsp3) is 0.0769. The molecule has 2 aromatic carbocycles. The lowest BCUT2D eigenvalue weighted by Gasteiger charge is -2.07. The molecule has 0 aliphatic carbocycles. The zero-order valence-electron chi connectivity index (χ0n) is 21.7. The Labute approximate surface area is 256 Å². The molecule has 0 atom stereocenters. The number of aromatic nitrogens is 4. The number of nitrogens with one attached hydrogen (secondary N) is 2. The van der Waals surface area contributed by atoms with Crippen molar-refractivity contribution >= 4 is 85.5 Å². The normalized spacial score (nSPS) is 11.7. The van der Waals surface area contributed by atoms with Gasteiger partial charge in [-0.15, -0.1) is 0 Å². The van der Waals surface area contributed by atoms with Gasteiger partial charge in [0.1, 0.15) is 18.7 Å². The zero-order chi connectivity index (χ0) is 30.1. The van der Waals surface area contributed by atoms with Gasteiger partial charge >= 0.3 is 0 Å². The van der Waals surface area contributed by atoms with Crippen molar-refractivity contribution < 1.29 is 25.9 Å². The summed E-state index contributed by atoms with van der Waals surface area (Å²) in [4.78, 5) is 8.45. The summed E-state index contributed by atoms with van der Waals surface area (Å²) in [6, 6.07) is 17.0.